The maximum atomic E-state index is 11.9. The summed E-state index contributed by atoms with van der Waals surface area (Å²) in [5.74, 6) is -0.314. The van der Waals surface area contributed by atoms with Gasteiger partial charge < -0.3 is 16.0 Å². The molecule has 0 radical (unpaired) electrons. The monoisotopic (exact) mass is 271 g/mol. The molecule has 1 aliphatic rings. The van der Waals surface area contributed by atoms with Gasteiger partial charge in [0.05, 0.1) is 0 Å². The molecule has 2 atom stereocenters. The van der Waals surface area contributed by atoms with Crippen LogP contribution in [0.3, 0.4) is 0 Å². The van der Waals surface area contributed by atoms with Crippen LogP contribution >= 0.6 is 12.4 Å². The highest BCUT2D eigenvalue weighted by Gasteiger charge is 2.24. The van der Waals surface area contributed by atoms with E-state index in [4.69, 9.17) is 5.73 Å². The number of rotatable bonds is 2. The van der Waals surface area contributed by atoms with Crippen LogP contribution in [-0.2, 0) is 0 Å². The van der Waals surface area contributed by atoms with Gasteiger partial charge in [-0.3, -0.25) is 9.59 Å². The SMILES string of the molecule is Cc1ccc(C(=O)N[C@@H]2CC[C@@H](N)C2)c(=O)[nH]1.Cl. The van der Waals surface area contributed by atoms with Crippen molar-refractivity contribution in [1.29, 1.82) is 0 Å². The van der Waals surface area contributed by atoms with Gasteiger partial charge in [-0.15, -0.1) is 12.4 Å². The van der Waals surface area contributed by atoms with E-state index < -0.39 is 0 Å². The fraction of sp³-hybridized carbons (Fsp3) is 0.500. The number of hydrogen-bond acceptors (Lipinski definition) is 3. The highest BCUT2D eigenvalue weighted by molar-refractivity contribution is 5.94. The molecule has 1 heterocycles. The molecule has 18 heavy (non-hydrogen) atoms. The van der Waals surface area contributed by atoms with E-state index in [0.717, 1.165) is 25.0 Å². The first-order chi connectivity index (χ1) is 8.06. The van der Waals surface area contributed by atoms with Gasteiger partial charge in [-0.05, 0) is 38.3 Å². The normalized spacial score (nSPS) is 22.3. The molecule has 6 heteroatoms. The molecule has 1 aromatic rings. The van der Waals surface area contributed by atoms with Crippen molar-refractivity contribution in [3.63, 3.8) is 0 Å². The first kappa shape index (κ1) is 14.7. The maximum Gasteiger partial charge on any atom is 0.260 e. The largest absolute Gasteiger partial charge is 0.349 e. The number of aromatic amines is 1. The van der Waals surface area contributed by atoms with Gasteiger partial charge in [-0.25, -0.2) is 0 Å². The molecule has 4 N–H and O–H groups in total. The maximum absolute atomic E-state index is 11.9. The summed E-state index contributed by atoms with van der Waals surface area (Å²) in [4.78, 5) is 26.1. The minimum Gasteiger partial charge on any atom is -0.349 e. The predicted octanol–water partition coefficient (Wildman–Crippen LogP) is 0.715. The standard InChI is InChI=1S/C12H17N3O2.ClH/c1-7-2-5-10(11(16)14-7)12(17)15-9-4-3-8(13)6-9;/h2,5,8-9H,3-4,6,13H2,1H3,(H,14,16)(H,15,17);1H/t8-,9-;/m1./s1. The Morgan fingerprint density at radius 3 is 2.72 bits per heavy atom. The number of nitrogens with one attached hydrogen (secondary N) is 2. The van der Waals surface area contributed by atoms with Crippen LogP contribution in [0.4, 0.5) is 0 Å². The minimum atomic E-state index is -0.343. The Balaban J connectivity index is 0.00000162. The molecule has 0 spiro atoms. The summed E-state index contributed by atoms with van der Waals surface area (Å²) in [7, 11) is 0. The van der Waals surface area contributed by atoms with E-state index in [1.54, 1.807) is 19.1 Å². The highest BCUT2D eigenvalue weighted by atomic mass is 35.5. The quantitative estimate of drug-likeness (QED) is 0.740. The Kier molecular flexibility index (Phi) is 4.93. The fourth-order valence-corrected chi connectivity index (χ4v) is 2.16. The van der Waals surface area contributed by atoms with E-state index in [1.165, 1.54) is 0 Å². The van der Waals surface area contributed by atoms with Gasteiger partial charge in [0.15, 0.2) is 0 Å². The van der Waals surface area contributed by atoms with E-state index in [2.05, 4.69) is 10.3 Å². The van der Waals surface area contributed by atoms with Crippen molar-refractivity contribution < 1.29 is 4.79 Å². The third kappa shape index (κ3) is 3.34. The predicted molar refractivity (Wildman–Crippen MR) is 72.1 cm³/mol. The van der Waals surface area contributed by atoms with E-state index >= 15 is 0 Å². The second-order valence-corrected chi connectivity index (χ2v) is 4.63. The molecule has 100 valence electrons. The molecule has 1 aliphatic carbocycles. The van der Waals surface area contributed by atoms with Gasteiger partial charge in [0, 0.05) is 17.8 Å². The zero-order valence-electron chi connectivity index (χ0n) is 10.2. The molecule has 1 aromatic heterocycles. The van der Waals surface area contributed by atoms with Crippen molar-refractivity contribution in [3.8, 4) is 0 Å². The Bertz CT molecular complexity index is 486. The number of pyridine rings is 1. The van der Waals surface area contributed by atoms with Gasteiger partial charge in [0.1, 0.15) is 5.56 Å². The molecular weight excluding hydrogens is 254 g/mol. The molecule has 0 bridgehead atoms. The lowest BCUT2D eigenvalue weighted by molar-refractivity contribution is 0.0936. The zero-order chi connectivity index (χ0) is 12.4. The van der Waals surface area contributed by atoms with Crippen molar-refractivity contribution in [3.05, 3.63) is 33.7 Å². The molecule has 2 rings (SSSR count). The summed E-state index contributed by atoms with van der Waals surface area (Å²) < 4.78 is 0. The Labute approximate surface area is 112 Å². The third-order valence-electron chi connectivity index (χ3n) is 3.11. The zero-order valence-corrected chi connectivity index (χ0v) is 11.0. The van der Waals surface area contributed by atoms with Gasteiger partial charge in [0.2, 0.25) is 0 Å². The van der Waals surface area contributed by atoms with Crippen LogP contribution < -0.4 is 16.6 Å². The van der Waals surface area contributed by atoms with E-state index in [-0.39, 0.29) is 41.5 Å². The van der Waals surface area contributed by atoms with Gasteiger partial charge in [0.25, 0.3) is 11.5 Å². The number of hydrogen-bond donors (Lipinski definition) is 3. The first-order valence-electron chi connectivity index (χ1n) is 5.82. The number of nitrogens with two attached hydrogens (primary N) is 1. The summed E-state index contributed by atoms with van der Waals surface area (Å²) in [5.41, 5.74) is 6.34. The van der Waals surface area contributed by atoms with Crippen LogP contribution in [0.2, 0.25) is 0 Å². The van der Waals surface area contributed by atoms with Crippen molar-refractivity contribution in [2.24, 2.45) is 5.73 Å². The van der Waals surface area contributed by atoms with E-state index in [1.807, 2.05) is 0 Å². The summed E-state index contributed by atoms with van der Waals surface area (Å²) >= 11 is 0. The van der Waals surface area contributed by atoms with E-state index in [0.29, 0.717) is 0 Å². The second-order valence-electron chi connectivity index (χ2n) is 4.63. The van der Waals surface area contributed by atoms with Crippen molar-refractivity contribution in [1.82, 2.24) is 10.3 Å². The average Bonchev–Trinajstić information content (AvgIpc) is 2.63. The molecular formula is C12H18ClN3O2. The Hall–Kier alpha value is -1.33. The summed E-state index contributed by atoms with van der Waals surface area (Å²) in [5, 5.41) is 2.85. The Morgan fingerprint density at radius 2 is 2.17 bits per heavy atom. The lowest BCUT2D eigenvalue weighted by Crippen LogP contribution is -2.37. The molecule has 0 unspecified atom stereocenters. The molecule has 5 nitrogen and oxygen atoms in total. The first-order valence-corrected chi connectivity index (χ1v) is 5.82. The topological polar surface area (TPSA) is 88.0 Å². The number of carbonyl (C=O) groups is 1. The van der Waals surface area contributed by atoms with Crippen molar-refractivity contribution in [2.45, 2.75) is 38.3 Å². The smallest absolute Gasteiger partial charge is 0.260 e. The number of aryl methyl sites for hydroxylation is 1. The lowest BCUT2D eigenvalue weighted by atomic mass is 10.2. The number of carbonyl (C=O) groups excluding carboxylic acids is 1. The molecule has 1 amide bonds. The number of H-pyrrole nitrogens is 1. The Morgan fingerprint density at radius 1 is 1.44 bits per heavy atom. The second kappa shape index (κ2) is 6.02. The van der Waals surface area contributed by atoms with Gasteiger partial charge in [-0.2, -0.15) is 0 Å². The fourth-order valence-electron chi connectivity index (χ4n) is 2.16. The molecule has 0 aliphatic heterocycles. The third-order valence-corrected chi connectivity index (χ3v) is 3.11. The van der Waals surface area contributed by atoms with Crippen molar-refractivity contribution in [2.75, 3.05) is 0 Å². The summed E-state index contributed by atoms with van der Waals surface area (Å²) in [6.45, 7) is 1.78. The minimum absolute atomic E-state index is 0. The number of aromatic nitrogens is 1. The van der Waals surface area contributed by atoms with Crippen LogP contribution in [-0.4, -0.2) is 23.0 Å². The number of amides is 1. The average molecular weight is 272 g/mol. The summed E-state index contributed by atoms with van der Waals surface area (Å²) in [6.07, 6.45) is 2.60. The van der Waals surface area contributed by atoms with Gasteiger partial charge in [-0.1, -0.05) is 0 Å². The van der Waals surface area contributed by atoms with Crippen LogP contribution in [0.5, 0.6) is 0 Å². The van der Waals surface area contributed by atoms with Crippen molar-refractivity contribution >= 4 is 18.3 Å². The summed E-state index contributed by atoms with van der Waals surface area (Å²) in [6, 6.07) is 3.53. The highest BCUT2D eigenvalue weighted by Crippen LogP contribution is 2.17. The molecule has 0 saturated heterocycles. The van der Waals surface area contributed by atoms with Gasteiger partial charge >= 0.3 is 0 Å². The van der Waals surface area contributed by atoms with E-state index in [9.17, 15) is 9.59 Å². The molecule has 1 saturated carbocycles. The molecule has 1 fully saturated rings. The lowest BCUT2D eigenvalue weighted by Gasteiger charge is -2.11. The van der Waals surface area contributed by atoms with Crippen LogP contribution in [0.1, 0.15) is 35.3 Å². The van der Waals surface area contributed by atoms with Crippen LogP contribution in [0, 0.1) is 6.92 Å². The number of halogens is 1. The van der Waals surface area contributed by atoms with Crippen LogP contribution in [0.25, 0.3) is 0 Å². The van der Waals surface area contributed by atoms with Crippen LogP contribution in [0.15, 0.2) is 16.9 Å². The molecule has 0 aromatic carbocycles.